The van der Waals surface area contributed by atoms with Crippen LogP contribution < -0.4 is 9.47 Å². The molecule has 0 aliphatic heterocycles. The van der Waals surface area contributed by atoms with E-state index in [1.165, 1.54) is 12.8 Å². The van der Waals surface area contributed by atoms with Crippen LogP contribution in [0, 0.1) is 5.92 Å². The van der Waals surface area contributed by atoms with Crippen LogP contribution in [0.3, 0.4) is 0 Å². The first kappa shape index (κ1) is 16.3. The number of nitrogens with zero attached hydrogens (tertiary/aromatic N) is 3. The summed E-state index contributed by atoms with van der Waals surface area (Å²) in [6.07, 6.45) is 4.12. The predicted molar refractivity (Wildman–Crippen MR) is 87.2 cm³/mol. The highest BCUT2D eigenvalue weighted by Crippen LogP contribution is 2.33. The first-order valence-electron chi connectivity index (χ1n) is 8.00. The lowest BCUT2D eigenvalue weighted by molar-refractivity contribution is 0.0518. The topological polar surface area (TPSA) is 75.5 Å². The van der Waals surface area contributed by atoms with Crippen molar-refractivity contribution < 1.29 is 19.0 Å². The molecule has 0 aromatic carbocycles. The molecule has 0 radical (unpaired) electrons. The number of hydrogen-bond donors (Lipinski definition) is 0. The molecule has 24 heavy (non-hydrogen) atoms. The van der Waals surface area contributed by atoms with Crippen LogP contribution in [0.25, 0.3) is 11.3 Å². The molecular formula is C17H21N3O4. The van der Waals surface area contributed by atoms with Crippen molar-refractivity contribution in [3.05, 3.63) is 24.0 Å². The summed E-state index contributed by atoms with van der Waals surface area (Å²) in [6.45, 7) is 2.76. The van der Waals surface area contributed by atoms with E-state index in [4.69, 9.17) is 14.2 Å². The Kier molecular flexibility index (Phi) is 4.69. The smallest absolute Gasteiger partial charge is 0.358 e. The van der Waals surface area contributed by atoms with Crippen molar-refractivity contribution in [3.8, 4) is 22.9 Å². The van der Waals surface area contributed by atoms with E-state index in [9.17, 15) is 4.79 Å². The monoisotopic (exact) mass is 331 g/mol. The Bertz CT molecular complexity index is 737. The summed E-state index contributed by atoms with van der Waals surface area (Å²) in [6, 6.07) is 3.43. The van der Waals surface area contributed by atoms with E-state index < -0.39 is 5.97 Å². The van der Waals surface area contributed by atoms with Gasteiger partial charge in [0.15, 0.2) is 5.69 Å². The third-order valence-corrected chi connectivity index (χ3v) is 3.87. The lowest BCUT2D eigenvalue weighted by Gasteiger charge is -2.10. The van der Waals surface area contributed by atoms with Crippen molar-refractivity contribution in [2.24, 2.45) is 13.0 Å². The average molecular weight is 331 g/mol. The molecule has 128 valence electrons. The zero-order chi connectivity index (χ0) is 17.1. The van der Waals surface area contributed by atoms with Gasteiger partial charge in [0.1, 0.15) is 5.75 Å². The molecule has 0 N–H and O–H groups in total. The van der Waals surface area contributed by atoms with Gasteiger partial charge in [0.2, 0.25) is 5.88 Å². The molecule has 3 rings (SSSR count). The maximum Gasteiger partial charge on any atom is 0.358 e. The van der Waals surface area contributed by atoms with E-state index in [1.807, 2.05) is 0 Å². The van der Waals surface area contributed by atoms with Crippen LogP contribution in [0.15, 0.2) is 18.3 Å². The number of aromatic nitrogens is 3. The molecule has 1 aliphatic carbocycles. The number of pyridine rings is 1. The summed E-state index contributed by atoms with van der Waals surface area (Å²) >= 11 is 0. The molecule has 2 aromatic rings. The summed E-state index contributed by atoms with van der Waals surface area (Å²) in [4.78, 5) is 16.2. The molecule has 7 heteroatoms. The van der Waals surface area contributed by atoms with Crippen LogP contribution in [0.1, 0.15) is 30.3 Å². The van der Waals surface area contributed by atoms with E-state index in [1.54, 1.807) is 44.1 Å². The summed E-state index contributed by atoms with van der Waals surface area (Å²) in [5.41, 5.74) is 1.71. The van der Waals surface area contributed by atoms with E-state index >= 15 is 0 Å². The largest absolute Gasteiger partial charge is 0.496 e. The first-order chi connectivity index (χ1) is 11.6. The molecule has 2 aromatic heterocycles. The lowest BCUT2D eigenvalue weighted by atomic mass is 10.1. The Morgan fingerprint density at radius 2 is 2.17 bits per heavy atom. The number of aryl methyl sites for hydroxylation is 1. The second-order valence-electron chi connectivity index (χ2n) is 5.74. The van der Waals surface area contributed by atoms with Crippen LogP contribution in [-0.2, 0) is 11.8 Å². The molecule has 2 heterocycles. The SMILES string of the molecule is CCOC(=O)c1cc(-c2cnc(OCC3CC3)cc2OC)n(C)n1. The molecule has 0 atom stereocenters. The molecule has 1 saturated carbocycles. The second-order valence-corrected chi connectivity index (χ2v) is 5.74. The van der Waals surface area contributed by atoms with Crippen LogP contribution in [0.2, 0.25) is 0 Å². The second kappa shape index (κ2) is 6.90. The molecular weight excluding hydrogens is 310 g/mol. The Hall–Kier alpha value is -2.57. The van der Waals surface area contributed by atoms with E-state index in [2.05, 4.69) is 10.1 Å². The summed E-state index contributed by atoms with van der Waals surface area (Å²) < 4.78 is 17.7. The van der Waals surface area contributed by atoms with Gasteiger partial charge >= 0.3 is 5.97 Å². The fourth-order valence-corrected chi connectivity index (χ4v) is 2.37. The van der Waals surface area contributed by atoms with Crippen LogP contribution >= 0.6 is 0 Å². The molecule has 7 nitrogen and oxygen atoms in total. The van der Waals surface area contributed by atoms with Gasteiger partial charge in [-0.25, -0.2) is 9.78 Å². The number of hydrogen-bond acceptors (Lipinski definition) is 6. The fourth-order valence-electron chi connectivity index (χ4n) is 2.37. The molecule has 1 aliphatic rings. The van der Waals surface area contributed by atoms with Gasteiger partial charge in [-0.15, -0.1) is 0 Å². The van der Waals surface area contributed by atoms with Gasteiger partial charge in [-0.1, -0.05) is 0 Å². The number of rotatable bonds is 7. The minimum Gasteiger partial charge on any atom is -0.496 e. The predicted octanol–water partition coefficient (Wildman–Crippen LogP) is 2.46. The number of carbonyl (C=O) groups excluding carboxylic acids is 1. The van der Waals surface area contributed by atoms with E-state index in [0.717, 1.165) is 11.3 Å². The first-order valence-corrected chi connectivity index (χ1v) is 8.00. The summed E-state index contributed by atoms with van der Waals surface area (Å²) in [7, 11) is 3.35. The van der Waals surface area contributed by atoms with Gasteiger partial charge in [-0.3, -0.25) is 4.68 Å². The Labute approximate surface area is 140 Å². The third-order valence-electron chi connectivity index (χ3n) is 3.87. The minimum absolute atomic E-state index is 0.255. The maximum atomic E-state index is 11.8. The molecule has 0 amide bonds. The zero-order valence-corrected chi connectivity index (χ0v) is 14.1. The highest BCUT2D eigenvalue weighted by atomic mass is 16.5. The van der Waals surface area contributed by atoms with Gasteiger partial charge in [0, 0.05) is 19.3 Å². The normalized spacial score (nSPS) is 13.6. The number of esters is 1. The number of methoxy groups -OCH3 is 1. The van der Waals surface area contributed by atoms with E-state index in [0.29, 0.717) is 30.8 Å². The quantitative estimate of drug-likeness (QED) is 0.726. The molecule has 0 bridgehead atoms. The highest BCUT2D eigenvalue weighted by molar-refractivity contribution is 5.89. The van der Waals surface area contributed by atoms with Crippen molar-refractivity contribution >= 4 is 5.97 Å². The van der Waals surface area contributed by atoms with Gasteiger partial charge in [0.25, 0.3) is 0 Å². The van der Waals surface area contributed by atoms with Crippen molar-refractivity contribution in [1.82, 2.24) is 14.8 Å². The van der Waals surface area contributed by atoms with Crippen molar-refractivity contribution in [1.29, 1.82) is 0 Å². The zero-order valence-electron chi connectivity index (χ0n) is 14.1. The molecule has 0 spiro atoms. The average Bonchev–Trinajstić information content (AvgIpc) is 3.34. The Morgan fingerprint density at radius 1 is 1.38 bits per heavy atom. The maximum absolute atomic E-state index is 11.8. The fraction of sp³-hybridized carbons (Fsp3) is 0.471. The minimum atomic E-state index is -0.448. The van der Waals surface area contributed by atoms with Gasteiger partial charge in [-0.2, -0.15) is 5.10 Å². The van der Waals surface area contributed by atoms with Crippen molar-refractivity contribution in [2.45, 2.75) is 19.8 Å². The van der Waals surface area contributed by atoms with Crippen LogP contribution in [0.4, 0.5) is 0 Å². The Morgan fingerprint density at radius 3 is 2.83 bits per heavy atom. The van der Waals surface area contributed by atoms with Crippen LogP contribution in [-0.4, -0.2) is 41.1 Å². The van der Waals surface area contributed by atoms with Gasteiger partial charge in [0.05, 0.1) is 31.6 Å². The summed E-state index contributed by atoms with van der Waals surface area (Å²) in [5.74, 6) is 1.36. The van der Waals surface area contributed by atoms with E-state index in [-0.39, 0.29) is 5.69 Å². The molecule has 0 saturated heterocycles. The van der Waals surface area contributed by atoms with Crippen molar-refractivity contribution in [2.75, 3.05) is 20.3 Å². The lowest BCUT2D eigenvalue weighted by Crippen LogP contribution is -2.06. The van der Waals surface area contributed by atoms with Crippen LogP contribution in [0.5, 0.6) is 11.6 Å². The molecule has 1 fully saturated rings. The highest BCUT2D eigenvalue weighted by Gasteiger charge is 2.23. The Balaban J connectivity index is 1.86. The van der Waals surface area contributed by atoms with Gasteiger partial charge < -0.3 is 14.2 Å². The van der Waals surface area contributed by atoms with Crippen molar-refractivity contribution in [3.63, 3.8) is 0 Å². The standard InChI is InChI=1S/C17H21N3O4/c1-4-23-17(21)13-7-14(20(2)19-13)12-9-18-16(8-15(12)22-3)24-10-11-5-6-11/h7-9,11H,4-6,10H2,1-3H3. The summed E-state index contributed by atoms with van der Waals surface area (Å²) in [5, 5.41) is 4.20. The molecule has 0 unspecified atom stereocenters. The number of ether oxygens (including phenoxy) is 3. The van der Waals surface area contributed by atoms with Gasteiger partial charge in [-0.05, 0) is 31.7 Å². The third kappa shape index (κ3) is 3.50. The number of carbonyl (C=O) groups is 1.